The van der Waals surface area contributed by atoms with E-state index in [1.807, 2.05) is 0 Å². The molecule has 0 aliphatic rings. The van der Waals surface area contributed by atoms with Crippen LogP contribution in [0.15, 0.2) is 59.6 Å². The highest BCUT2D eigenvalue weighted by atomic mass is 35.5. The number of nitrogens with one attached hydrogen (secondary N) is 1. The number of carbonyl (C=O) groups excluding carboxylic acids is 1. The van der Waals surface area contributed by atoms with Crippen molar-refractivity contribution in [1.82, 2.24) is 14.6 Å². The van der Waals surface area contributed by atoms with Crippen LogP contribution in [0.4, 0.5) is 27.6 Å². The molecule has 2 aromatic heterocycles. The SMILES string of the molecule is NS(=O)(=O)c1cccc(NC(=O)c2cnn3c(C(F)F)cc(-c4ccc(C(F)(F)F)c(Cl)c4)nc23)c1. The first-order valence-electron chi connectivity index (χ1n) is 9.74. The number of nitrogens with zero attached hydrogens (tertiary/aromatic N) is 3. The molecule has 15 heteroatoms. The standard InChI is InChI=1S/C21H13ClF5N5O3S/c22-15-6-10(4-5-14(15)21(25,26)27)16-8-17(18(23)24)32-19(31-16)13(9-29-32)20(33)30-11-2-1-3-12(7-11)36(28,34)35/h1-9,18H,(H,30,33)(H2,28,34,35). The van der Waals surface area contributed by atoms with Gasteiger partial charge in [-0.2, -0.15) is 18.3 Å². The summed E-state index contributed by atoms with van der Waals surface area (Å²) in [7, 11) is -4.06. The maximum atomic E-state index is 13.8. The van der Waals surface area contributed by atoms with Gasteiger partial charge in [-0.3, -0.25) is 4.79 Å². The normalized spacial score (nSPS) is 12.3. The Balaban J connectivity index is 1.79. The minimum absolute atomic E-state index is 0.00851. The Labute approximate surface area is 204 Å². The minimum atomic E-state index is -4.72. The highest BCUT2D eigenvalue weighted by Gasteiger charge is 2.33. The molecule has 36 heavy (non-hydrogen) atoms. The van der Waals surface area contributed by atoms with Crippen LogP contribution in [0.5, 0.6) is 0 Å². The highest BCUT2D eigenvalue weighted by Crippen LogP contribution is 2.37. The van der Waals surface area contributed by atoms with Crippen molar-refractivity contribution in [2.24, 2.45) is 5.14 Å². The number of rotatable bonds is 5. The van der Waals surface area contributed by atoms with Gasteiger partial charge in [-0.15, -0.1) is 0 Å². The van der Waals surface area contributed by atoms with Gasteiger partial charge in [0.25, 0.3) is 12.3 Å². The van der Waals surface area contributed by atoms with Crippen molar-refractivity contribution in [2.75, 3.05) is 5.32 Å². The molecular weight excluding hydrogens is 533 g/mol. The average molecular weight is 546 g/mol. The summed E-state index contributed by atoms with van der Waals surface area (Å²) < 4.78 is 90.5. The Bertz CT molecular complexity index is 1610. The second kappa shape index (κ2) is 9.11. The Morgan fingerprint density at radius 1 is 1.11 bits per heavy atom. The predicted molar refractivity (Wildman–Crippen MR) is 119 cm³/mol. The van der Waals surface area contributed by atoms with Crippen molar-refractivity contribution in [3.8, 4) is 11.3 Å². The molecule has 4 rings (SSSR count). The maximum Gasteiger partial charge on any atom is 0.417 e. The van der Waals surface area contributed by atoms with E-state index in [-0.39, 0.29) is 33.1 Å². The molecular formula is C21H13ClF5N5O3S. The minimum Gasteiger partial charge on any atom is -0.322 e. The lowest BCUT2D eigenvalue weighted by atomic mass is 10.1. The van der Waals surface area contributed by atoms with Crippen LogP contribution in [-0.4, -0.2) is 28.9 Å². The zero-order valence-corrected chi connectivity index (χ0v) is 19.2. The average Bonchev–Trinajstić information content (AvgIpc) is 3.21. The topological polar surface area (TPSA) is 119 Å². The number of hydrogen-bond donors (Lipinski definition) is 2. The fourth-order valence-corrected chi connectivity index (χ4v) is 4.15. The third-order valence-electron chi connectivity index (χ3n) is 4.96. The number of sulfonamides is 1. The lowest BCUT2D eigenvalue weighted by Gasteiger charge is -2.12. The van der Waals surface area contributed by atoms with Gasteiger partial charge in [-0.05, 0) is 36.4 Å². The Morgan fingerprint density at radius 2 is 1.83 bits per heavy atom. The highest BCUT2D eigenvalue weighted by molar-refractivity contribution is 7.89. The van der Waals surface area contributed by atoms with Crippen LogP contribution in [0.2, 0.25) is 5.02 Å². The Kier molecular flexibility index (Phi) is 6.45. The molecule has 0 fully saturated rings. The van der Waals surface area contributed by atoms with Crippen molar-refractivity contribution in [3.63, 3.8) is 0 Å². The Morgan fingerprint density at radius 3 is 2.44 bits per heavy atom. The van der Waals surface area contributed by atoms with Gasteiger partial charge in [0.05, 0.1) is 27.4 Å². The number of primary sulfonamides is 1. The second-order valence-corrected chi connectivity index (χ2v) is 9.35. The maximum absolute atomic E-state index is 13.8. The van der Waals surface area contributed by atoms with Gasteiger partial charge in [-0.1, -0.05) is 23.7 Å². The first kappa shape index (κ1) is 25.5. The van der Waals surface area contributed by atoms with E-state index in [9.17, 15) is 35.2 Å². The molecule has 8 nitrogen and oxygen atoms in total. The van der Waals surface area contributed by atoms with E-state index >= 15 is 0 Å². The number of carbonyl (C=O) groups is 1. The number of amides is 1. The van der Waals surface area contributed by atoms with Crippen molar-refractivity contribution < 1.29 is 35.2 Å². The first-order chi connectivity index (χ1) is 16.8. The fraction of sp³-hybridized carbons (Fsp3) is 0.0952. The van der Waals surface area contributed by atoms with Crippen molar-refractivity contribution in [3.05, 3.63) is 76.6 Å². The quantitative estimate of drug-likeness (QED) is 0.346. The molecule has 0 radical (unpaired) electrons. The molecule has 3 N–H and O–H groups in total. The predicted octanol–water partition coefficient (Wildman–Crippen LogP) is 4.91. The second-order valence-electron chi connectivity index (χ2n) is 7.38. The van der Waals surface area contributed by atoms with Crippen LogP contribution in [0.3, 0.4) is 0 Å². The number of aromatic nitrogens is 3. The summed E-state index contributed by atoms with van der Waals surface area (Å²) in [5.74, 6) is -0.869. The third-order valence-corrected chi connectivity index (χ3v) is 6.18. The van der Waals surface area contributed by atoms with Crippen LogP contribution in [-0.2, 0) is 16.2 Å². The number of hydrogen-bond acceptors (Lipinski definition) is 5. The molecule has 0 aliphatic carbocycles. The molecule has 1 amide bonds. The number of anilines is 1. The smallest absolute Gasteiger partial charge is 0.322 e. The molecule has 0 bridgehead atoms. The van der Waals surface area contributed by atoms with Crippen LogP contribution in [0, 0.1) is 0 Å². The van der Waals surface area contributed by atoms with Crippen molar-refractivity contribution in [1.29, 1.82) is 0 Å². The van der Waals surface area contributed by atoms with E-state index in [1.54, 1.807) is 0 Å². The zero-order chi connectivity index (χ0) is 26.4. The van der Waals surface area contributed by atoms with Gasteiger partial charge in [0.2, 0.25) is 10.0 Å². The molecule has 2 aromatic carbocycles. The molecule has 0 atom stereocenters. The molecule has 0 saturated carbocycles. The lowest BCUT2D eigenvalue weighted by molar-refractivity contribution is -0.137. The van der Waals surface area contributed by atoms with E-state index in [1.165, 1.54) is 18.2 Å². The van der Waals surface area contributed by atoms with Crippen LogP contribution in [0.1, 0.15) is 28.0 Å². The van der Waals surface area contributed by atoms with E-state index in [4.69, 9.17) is 16.7 Å². The molecule has 0 unspecified atom stereocenters. The summed E-state index contributed by atoms with van der Waals surface area (Å²) in [6, 6.07) is 8.53. The first-order valence-corrected chi connectivity index (χ1v) is 11.7. The van der Waals surface area contributed by atoms with Gasteiger partial charge in [-0.25, -0.2) is 31.8 Å². The summed E-state index contributed by atoms with van der Waals surface area (Å²) in [6.45, 7) is 0. The Hall–Kier alpha value is -3.62. The zero-order valence-electron chi connectivity index (χ0n) is 17.6. The molecule has 2 heterocycles. The van der Waals surface area contributed by atoms with Gasteiger partial charge in [0.15, 0.2) is 5.65 Å². The van der Waals surface area contributed by atoms with Gasteiger partial charge in [0, 0.05) is 11.3 Å². The number of alkyl halides is 5. The summed E-state index contributed by atoms with van der Waals surface area (Å²) >= 11 is 5.75. The van der Waals surface area contributed by atoms with Gasteiger partial charge < -0.3 is 5.32 Å². The number of benzene rings is 2. The van der Waals surface area contributed by atoms with E-state index in [0.717, 1.165) is 35.0 Å². The van der Waals surface area contributed by atoms with Crippen LogP contribution < -0.4 is 10.5 Å². The van der Waals surface area contributed by atoms with E-state index in [2.05, 4.69) is 15.4 Å². The fourth-order valence-electron chi connectivity index (χ4n) is 3.30. The van der Waals surface area contributed by atoms with E-state index < -0.39 is 44.8 Å². The lowest BCUT2D eigenvalue weighted by Crippen LogP contribution is -2.15. The molecule has 0 aliphatic heterocycles. The number of fused-ring (bicyclic) bond motifs is 1. The summed E-state index contributed by atoms with van der Waals surface area (Å²) in [5.41, 5.74) is -2.54. The van der Waals surface area contributed by atoms with Crippen LogP contribution >= 0.6 is 11.6 Å². The summed E-state index contributed by atoms with van der Waals surface area (Å²) in [6.07, 6.45) is -6.84. The number of halogens is 6. The molecule has 0 spiro atoms. The molecule has 4 aromatic rings. The molecule has 0 saturated heterocycles. The van der Waals surface area contributed by atoms with Gasteiger partial charge in [0.1, 0.15) is 11.3 Å². The van der Waals surface area contributed by atoms with E-state index in [0.29, 0.717) is 6.07 Å². The van der Waals surface area contributed by atoms with Gasteiger partial charge >= 0.3 is 6.18 Å². The third kappa shape index (κ3) is 5.01. The molecule has 188 valence electrons. The monoisotopic (exact) mass is 545 g/mol. The summed E-state index contributed by atoms with van der Waals surface area (Å²) in [4.78, 5) is 16.7. The van der Waals surface area contributed by atoms with Crippen molar-refractivity contribution >= 4 is 38.9 Å². The van der Waals surface area contributed by atoms with Crippen molar-refractivity contribution in [2.45, 2.75) is 17.5 Å². The number of nitrogens with two attached hydrogens (primary N) is 1. The summed E-state index contributed by atoms with van der Waals surface area (Å²) in [5, 5.41) is 10.6. The van der Waals surface area contributed by atoms with Crippen LogP contribution in [0.25, 0.3) is 16.9 Å². The largest absolute Gasteiger partial charge is 0.417 e.